The van der Waals surface area contributed by atoms with Crippen LogP contribution < -0.4 is 4.90 Å². The van der Waals surface area contributed by atoms with E-state index in [9.17, 15) is 14.9 Å². The molecule has 3 rings (SSSR count). The zero-order valence-corrected chi connectivity index (χ0v) is 14.1. The molecule has 1 aliphatic rings. The number of furan rings is 1. The van der Waals surface area contributed by atoms with Crippen LogP contribution in [0.2, 0.25) is 5.02 Å². The third kappa shape index (κ3) is 3.45. The maximum absolute atomic E-state index is 11.7. The van der Waals surface area contributed by atoms with Gasteiger partial charge < -0.3 is 18.8 Å². The normalized spacial score (nSPS) is 17.4. The second-order valence-corrected chi connectivity index (χ2v) is 5.80. The Balaban J connectivity index is 1.96. The second kappa shape index (κ2) is 7.12. The number of hydrogen-bond acceptors (Lipinski definition) is 7. The maximum Gasteiger partial charge on any atom is 0.339 e. The molecule has 0 bridgehead atoms. The number of hydrogen-bond donors (Lipinski definition) is 0. The lowest BCUT2D eigenvalue weighted by molar-refractivity contribution is -0.384. The summed E-state index contributed by atoms with van der Waals surface area (Å²) in [6, 6.07) is 6.09. The average Bonchev–Trinajstić information content (AvgIpc) is 3.15. The lowest BCUT2D eigenvalue weighted by atomic mass is 10.1. The molecule has 0 saturated carbocycles. The van der Waals surface area contributed by atoms with E-state index in [0.29, 0.717) is 31.1 Å². The molecule has 1 atom stereocenters. The molecule has 132 valence electrons. The van der Waals surface area contributed by atoms with Gasteiger partial charge in [0.05, 0.1) is 42.0 Å². The fourth-order valence-corrected chi connectivity index (χ4v) is 2.97. The zero-order chi connectivity index (χ0) is 18.0. The van der Waals surface area contributed by atoms with Crippen LogP contribution >= 0.6 is 11.6 Å². The van der Waals surface area contributed by atoms with Crippen LogP contribution in [0.3, 0.4) is 0 Å². The van der Waals surface area contributed by atoms with Gasteiger partial charge in [-0.25, -0.2) is 4.79 Å². The number of rotatable bonds is 4. The molecular weight excluding hydrogens is 352 g/mol. The Hall–Kier alpha value is -2.58. The zero-order valence-electron chi connectivity index (χ0n) is 13.3. The third-order valence-corrected chi connectivity index (χ3v) is 4.25. The number of nitro groups is 1. The van der Waals surface area contributed by atoms with E-state index in [-0.39, 0.29) is 22.4 Å². The first kappa shape index (κ1) is 17.2. The molecule has 0 amide bonds. The van der Waals surface area contributed by atoms with Gasteiger partial charge in [-0.15, -0.1) is 0 Å². The molecule has 1 aromatic carbocycles. The van der Waals surface area contributed by atoms with Crippen LogP contribution in [0.4, 0.5) is 11.4 Å². The Bertz CT molecular complexity index is 792. The number of morpholine rings is 1. The fourth-order valence-electron chi connectivity index (χ4n) is 2.73. The van der Waals surface area contributed by atoms with Gasteiger partial charge in [0.2, 0.25) is 0 Å². The Kier molecular flexibility index (Phi) is 4.91. The number of nitro benzene ring substituents is 1. The van der Waals surface area contributed by atoms with Gasteiger partial charge >= 0.3 is 5.97 Å². The van der Waals surface area contributed by atoms with Crippen molar-refractivity contribution in [3.63, 3.8) is 0 Å². The van der Waals surface area contributed by atoms with Crippen LogP contribution in [-0.4, -0.2) is 37.7 Å². The number of benzene rings is 1. The summed E-state index contributed by atoms with van der Waals surface area (Å²) >= 11 is 6.13. The number of ether oxygens (including phenoxy) is 2. The highest BCUT2D eigenvalue weighted by molar-refractivity contribution is 6.34. The molecule has 9 heteroatoms. The molecular formula is C16H15ClN2O6. The molecule has 2 heterocycles. The first-order chi connectivity index (χ1) is 12.0. The summed E-state index contributed by atoms with van der Waals surface area (Å²) in [5.74, 6) is -0.0836. The van der Waals surface area contributed by atoms with Gasteiger partial charge in [0.25, 0.3) is 5.69 Å². The molecule has 2 aromatic rings. The van der Waals surface area contributed by atoms with Crippen molar-refractivity contribution in [3.05, 3.63) is 57.0 Å². The van der Waals surface area contributed by atoms with Crippen molar-refractivity contribution >= 4 is 28.9 Å². The van der Waals surface area contributed by atoms with Crippen molar-refractivity contribution in [2.45, 2.75) is 6.10 Å². The Morgan fingerprint density at radius 2 is 2.28 bits per heavy atom. The highest BCUT2D eigenvalue weighted by atomic mass is 35.5. The highest BCUT2D eigenvalue weighted by Gasteiger charge is 2.30. The SMILES string of the molecule is COC(=O)c1cc([N+](=O)[O-])c(N2CCOC(c3ccco3)C2)cc1Cl. The van der Waals surface area contributed by atoms with Crippen molar-refractivity contribution in [1.82, 2.24) is 0 Å². The van der Waals surface area contributed by atoms with Crippen molar-refractivity contribution in [2.24, 2.45) is 0 Å². The summed E-state index contributed by atoms with van der Waals surface area (Å²) in [5.41, 5.74) is 0.0582. The van der Waals surface area contributed by atoms with Crippen molar-refractivity contribution in [3.8, 4) is 0 Å². The van der Waals surface area contributed by atoms with Gasteiger partial charge in [-0.05, 0) is 18.2 Å². The van der Waals surface area contributed by atoms with Crippen molar-refractivity contribution in [2.75, 3.05) is 31.7 Å². The molecule has 0 spiro atoms. The Labute approximate surface area is 148 Å². The van der Waals surface area contributed by atoms with Crippen LogP contribution in [-0.2, 0) is 9.47 Å². The predicted octanol–water partition coefficient (Wildman–Crippen LogP) is 3.21. The molecule has 0 radical (unpaired) electrons. The number of halogens is 1. The van der Waals surface area contributed by atoms with E-state index in [1.54, 1.807) is 23.3 Å². The van der Waals surface area contributed by atoms with Crippen molar-refractivity contribution in [1.29, 1.82) is 0 Å². The summed E-state index contributed by atoms with van der Waals surface area (Å²) in [7, 11) is 1.19. The molecule has 1 fully saturated rings. The summed E-state index contributed by atoms with van der Waals surface area (Å²) in [5, 5.41) is 11.6. The van der Waals surface area contributed by atoms with Gasteiger partial charge in [0, 0.05) is 12.6 Å². The average molecular weight is 367 g/mol. The second-order valence-electron chi connectivity index (χ2n) is 5.39. The molecule has 25 heavy (non-hydrogen) atoms. The van der Waals surface area contributed by atoms with E-state index in [0.717, 1.165) is 6.07 Å². The largest absolute Gasteiger partial charge is 0.467 e. The topological polar surface area (TPSA) is 95.0 Å². The molecule has 1 aromatic heterocycles. The lowest BCUT2D eigenvalue weighted by Gasteiger charge is -2.33. The van der Waals surface area contributed by atoms with E-state index < -0.39 is 10.9 Å². The lowest BCUT2D eigenvalue weighted by Crippen LogP contribution is -2.38. The van der Waals surface area contributed by atoms with E-state index in [1.807, 2.05) is 0 Å². The molecule has 0 aliphatic carbocycles. The summed E-state index contributed by atoms with van der Waals surface area (Å²) in [6.45, 7) is 1.19. The van der Waals surface area contributed by atoms with Gasteiger partial charge in [-0.3, -0.25) is 10.1 Å². The van der Waals surface area contributed by atoms with E-state index in [4.69, 9.17) is 20.8 Å². The Morgan fingerprint density at radius 1 is 1.48 bits per heavy atom. The number of anilines is 1. The molecule has 1 aliphatic heterocycles. The van der Waals surface area contributed by atoms with Crippen LogP contribution in [0, 0.1) is 10.1 Å². The minimum absolute atomic E-state index is 0.0459. The quantitative estimate of drug-likeness (QED) is 0.465. The smallest absolute Gasteiger partial charge is 0.339 e. The minimum atomic E-state index is -0.727. The summed E-state index contributed by atoms with van der Waals surface area (Å²) < 4.78 is 15.6. The highest BCUT2D eigenvalue weighted by Crippen LogP contribution is 2.36. The van der Waals surface area contributed by atoms with Crippen LogP contribution in [0.1, 0.15) is 22.2 Å². The van der Waals surface area contributed by atoms with Gasteiger partial charge in [0.1, 0.15) is 17.6 Å². The maximum atomic E-state index is 11.7. The monoisotopic (exact) mass is 366 g/mol. The van der Waals surface area contributed by atoms with Crippen LogP contribution in [0.5, 0.6) is 0 Å². The van der Waals surface area contributed by atoms with Crippen LogP contribution in [0.15, 0.2) is 34.9 Å². The van der Waals surface area contributed by atoms with Crippen LogP contribution in [0.25, 0.3) is 0 Å². The number of esters is 1. The van der Waals surface area contributed by atoms with E-state index in [1.165, 1.54) is 13.2 Å². The van der Waals surface area contributed by atoms with Gasteiger partial charge in [0.15, 0.2) is 0 Å². The predicted molar refractivity (Wildman–Crippen MR) is 89.1 cm³/mol. The van der Waals surface area contributed by atoms with Gasteiger partial charge in [-0.2, -0.15) is 0 Å². The summed E-state index contributed by atoms with van der Waals surface area (Å²) in [4.78, 5) is 24.5. The molecule has 1 saturated heterocycles. The number of nitrogens with zero attached hydrogens (tertiary/aromatic N) is 2. The third-order valence-electron chi connectivity index (χ3n) is 3.93. The van der Waals surface area contributed by atoms with E-state index in [2.05, 4.69) is 4.74 Å². The van der Waals surface area contributed by atoms with Crippen molar-refractivity contribution < 1.29 is 23.6 Å². The number of carbonyl (C=O) groups is 1. The fraction of sp³-hybridized carbons (Fsp3) is 0.312. The molecule has 0 N–H and O–H groups in total. The first-order valence-corrected chi connectivity index (χ1v) is 7.85. The molecule has 1 unspecified atom stereocenters. The number of methoxy groups -OCH3 is 1. The first-order valence-electron chi connectivity index (χ1n) is 7.47. The van der Waals surface area contributed by atoms with Gasteiger partial charge in [-0.1, -0.05) is 11.6 Å². The molecule has 8 nitrogen and oxygen atoms in total. The Morgan fingerprint density at radius 3 is 2.92 bits per heavy atom. The minimum Gasteiger partial charge on any atom is -0.467 e. The standard InChI is InChI=1S/C16H15ClN2O6/c1-23-16(20)10-7-13(19(21)22)12(8-11(10)17)18-4-6-25-15(9-18)14-3-2-5-24-14/h2-3,5,7-8,15H,4,6,9H2,1H3. The summed E-state index contributed by atoms with van der Waals surface area (Å²) in [6.07, 6.45) is 1.20. The van der Waals surface area contributed by atoms with E-state index >= 15 is 0 Å². The number of carbonyl (C=O) groups excluding carboxylic acids is 1.